The van der Waals surface area contributed by atoms with Gasteiger partial charge in [0.15, 0.2) is 0 Å². The van der Waals surface area contributed by atoms with Crippen molar-refractivity contribution >= 4 is 18.6 Å². The summed E-state index contributed by atoms with van der Waals surface area (Å²) in [6, 6.07) is 1.84. The summed E-state index contributed by atoms with van der Waals surface area (Å²) in [6.07, 6.45) is 5.83. The van der Waals surface area contributed by atoms with Gasteiger partial charge >= 0.3 is 0 Å². The quantitative estimate of drug-likeness (QED) is 0.686. The van der Waals surface area contributed by atoms with Crippen LogP contribution in [0.5, 0.6) is 0 Å². The fourth-order valence-electron chi connectivity index (χ4n) is 1.52. The number of hydrogen-bond donors (Lipinski definition) is 1. The third-order valence-electron chi connectivity index (χ3n) is 2.30. The Bertz CT molecular complexity index is 257. The van der Waals surface area contributed by atoms with Crippen molar-refractivity contribution in [1.82, 2.24) is 9.97 Å². The molecule has 70 valence electrons. The van der Waals surface area contributed by atoms with Crippen LogP contribution in [0.2, 0.25) is 0 Å². The van der Waals surface area contributed by atoms with E-state index in [4.69, 9.17) is 0 Å². The van der Waals surface area contributed by atoms with E-state index in [0.29, 0.717) is 5.25 Å². The number of hydrogen-bond acceptors (Lipinski definition) is 4. The molecule has 0 bridgehead atoms. The van der Waals surface area contributed by atoms with Crippen LogP contribution in [-0.4, -0.2) is 28.3 Å². The Kier molecular flexibility index (Phi) is 2.68. The van der Waals surface area contributed by atoms with Crippen molar-refractivity contribution in [2.24, 2.45) is 0 Å². The molecular weight excluding hydrogens is 182 g/mol. The molecule has 0 atom stereocenters. The van der Waals surface area contributed by atoms with Gasteiger partial charge in [-0.1, -0.05) is 0 Å². The van der Waals surface area contributed by atoms with Crippen LogP contribution in [0.25, 0.3) is 0 Å². The van der Waals surface area contributed by atoms with Crippen molar-refractivity contribution in [3.8, 4) is 0 Å². The van der Waals surface area contributed by atoms with Gasteiger partial charge in [0.1, 0.15) is 0 Å². The minimum atomic E-state index is 0.556. The Labute approximate surface area is 83.6 Å². The van der Waals surface area contributed by atoms with E-state index in [2.05, 4.69) is 27.5 Å². The number of piperidine rings is 1. The van der Waals surface area contributed by atoms with Crippen molar-refractivity contribution < 1.29 is 0 Å². The van der Waals surface area contributed by atoms with Gasteiger partial charge in [-0.3, -0.25) is 0 Å². The highest BCUT2D eigenvalue weighted by Gasteiger charge is 2.17. The van der Waals surface area contributed by atoms with Gasteiger partial charge in [0.2, 0.25) is 5.95 Å². The first kappa shape index (κ1) is 8.81. The zero-order valence-corrected chi connectivity index (χ0v) is 8.32. The normalized spacial score (nSPS) is 19.0. The van der Waals surface area contributed by atoms with Crippen molar-refractivity contribution in [2.75, 3.05) is 18.0 Å². The monoisotopic (exact) mass is 195 g/mol. The van der Waals surface area contributed by atoms with Crippen LogP contribution in [0.3, 0.4) is 0 Å². The SMILES string of the molecule is SC1CCN(c2ncccn2)CC1. The molecule has 1 aromatic rings. The Balaban J connectivity index is 2.03. The molecule has 0 unspecified atom stereocenters. The average Bonchev–Trinajstić information content (AvgIpc) is 2.20. The minimum absolute atomic E-state index is 0.556. The second-order valence-corrected chi connectivity index (χ2v) is 4.00. The molecule has 13 heavy (non-hydrogen) atoms. The predicted molar refractivity (Wildman–Crippen MR) is 56.3 cm³/mol. The summed E-state index contributed by atoms with van der Waals surface area (Å²) in [4.78, 5) is 10.6. The molecule has 0 saturated carbocycles. The first-order valence-corrected chi connectivity index (χ1v) is 5.08. The average molecular weight is 195 g/mol. The molecule has 0 spiro atoms. The zero-order valence-electron chi connectivity index (χ0n) is 7.43. The van der Waals surface area contributed by atoms with Crippen LogP contribution in [0, 0.1) is 0 Å². The molecule has 0 amide bonds. The fraction of sp³-hybridized carbons (Fsp3) is 0.556. The molecular formula is C9H13N3S. The first-order chi connectivity index (χ1) is 6.36. The molecule has 0 radical (unpaired) electrons. The molecule has 2 rings (SSSR count). The van der Waals surface area contributed by atoms with E-state index in [1.807, 2.05) is 6.07 Å². The van der Waals surface area contributed by atoms with E-state index in [9.17, 15) is 0 Å². The standard InChI is InChI=1S/C9H13N3S/c13-8-2-6-12(7-3-8)9-10-4-1-5-11-9/h1,4-5,8,13H,2-3,6-7H2. The number of thiol groups is 1. The Morgan fingerprint density at radius 3 is 2.46 bits per heavy atom. The zero-order chi connectivity index (χ0) is 9.10. The van der Waals surface area contributed by atoms with Gasteiger partial charge in [0.25, 0.3) is 0 Å². The van der Waals surface area contributed by atoms with Gasteiger partial charge < -0.3 is 4.90 Å². The summed E-state index contributed by atoms with van der Waals surface area (Å²) in [6.45, 7) is 2.05. The van der Waals surface area contributed by atoms with Crippen LogP contribution in [-0.2, 0) is 0 Å². The fourth-order valence-corrected chi connectivity index (χ4v) is 1.75. The van der Waals surface area contributed by atoms with E-state index in [0.717, 1.165) is 31.9 Å². The lowest BCUT2D eigenvalue weighted by Crippen LogP contribution is -2.35. The summed E-state index contributed by atoms with van der Waals surface area (Å²) in [5.41, 5.74) is 0. The van der Waals surface area contributed by atoms with E-state index in [-0.39, 0.29) is 0 Å². The lowest BCUT2D eigenvalue weighted by molar-refractivity contribution is 0.583. The van der Waals surface area contributed by atoms with Crippen LogP contribution in [0.4, 0.5) is 5.95 Å². The number of aromatic nitrogens is 2. The molecule has 1 aliphatic heterocycles. The maximum atomic E-state index is 4.45. The number of rotatable bonds is 1. The Morgan fingerprint density at radius 1 is 1.23 bits per heavy atom. The largest absolute Gasteiger partial charge is 0.341 e. The topological polar surface area (TPSA) is 29.0 Å². The third kappa shape index (κ3) is 2.12. The van der Waals surface area contributed by atoms with Gasteiger partial charge in [0, 0.05) is 30.7 Å². The lowest BCUT2D eigenvalue weighted by Gasteiger charge is -2.29. The van der Waals surface area contributed by atoms with E-state index >= 15 is 0 Å². The van der Waals surface area contributed by atoms with E-state index < -0.39 is 0 Å². The van der Waals surface area contributed by atoms with Crippen LogP contribution >= 0.6 is 12.6 Å². The highest BCUT2D eigenvalue weighted by atomic mass is 32.1. The highest BCUT2D eigenvalue weighted by molar-refractivity contribution is 7.80. The first-order valence-electron chi connectivity index (χ1n) is 4.56. The van der Waals surface area contributed by atoms with Crippen molar-refractivity contribution in [2.45, 2.75) is 18.1 Å². The Morgan fingerprint density at radius 2 is 1.85 bits per heavy atom. The van der Waals surface area contributed by atoms with Gasteiger partial charge in [-0.05, 0) is 18.9 Å². The molecule has 3 nitrogen and oxygen atoms in total. The molecule has 2 heterocycles. The maximum absolute atomic E-state index is 4.45. The molecule has 1 aromatic heterocycles. The molecule has 0 N–H and O–H groups in total. The molecule has 1 fully saturated rings. The molecule has 0 aliphatic carbocycles. The minimum Gasteiger partial charge on any atom is -0.341 e. The smallest absolute Gasteiger partial charge is 0.225 e. The Hall–Kier alpha value is -0.770. The summed E-state index contributed by atoms with van der Waals surface area (Å²) in [5, 5.41) is 0.556. The molecule has 1 aliphatic rings. The van der Waals surface area contributed by atoms with Crippen molar-refractivity contribution in [1.29, 1.82) is 0 Å². The van der Waals surface area contributed by atoms with Gasteiger partial charge in [0.05, 0.1) is 0 Å². The molecule has 1 saturated heterocycles. The third-order valence-corrected chi connectivity index (χ3v) is 2.82. The van der Waals surface area contributed by atoms with Crippen LogP contribution < -0.4 is 4.90 Å². The molecule has 0 aromatic carbocycles. The predicted octanol–water partition coefficient (Wildman–Crippen LogP) is 1.38. The summed E-state index contributed by atoms with van der Waals surface area (Å²) >= 11 is 4.45. The van der Waals surface area contributed by atoms with Crippen LogP contribution in [0.1, 0.15) is 12.8 Å². The highest BCUT2D eigenvalue weighted by Crippen LogP contribution is 2.18. The van der Waals surface area contributed by atoms with Gasteiger partial charge in [-0.25, -0.2) is 9.97 Å². The van der Waals surface area contributed by atoms with Crippen molar-refractivity contribution in [3.05, 3.63) is 18.5 Å². The summed E-state index contributed by atoms with van der Waals surface area (Å²) < 4.78 is 0. The number of anilines is 1. The van der Waals surface area contributed by atoms with E-state index in [1.165, 1.54) is 0 Å². The lowest BCUT2D eigenvalue weighted by atomic mass is 10.1. The summed E-state index contributed by atoms with van der Waals surface area (Å²) in [7, 11) is 0. The maximum Gasteiger partial charge on any atom is 0.225 e. The second kappa shape index (κ2) is 3.96. The summed E-state index contributed by atoms with van der Waals surface area (Å²) in [5.74, 6) is 0.850. The molecule has 4 heteroatoms. The second-order valence-electron chi connectivity index (χ2n) is 3.27. The van der Waals surface area contributed by atoms with Gasteiger partial charge in [-0.2, -0.15) is 12.6 Å². The van der Waals surface area contributed by atoms with Crippen LogP contribution in [0.15, 0.2) is 18.5 Å². The van der Waals surface area contributed by atoms with Gasteiger partial charge in [-0.15, -0.1) is 0 Å². The number of nitrogens with zero attached hydrogens (tertiary/aromatic N) is 3. The van der Waals surface area contributed by atoms with E-state index in [1.54, 1.807) is 12.4 Å². The van der Waals surface area contributed by atoms with Crippen molar-refractivity contribution in [3.63, 3.8) is 0 Å².